The summed E-state index contributed by atoms with van der Waals surface area (Å²) in [5, 5.41) is 0. The van der Waals surface area contributed by atoms with Gasteiger partial charge in [-0.25, -0.2) is 0 Å². The summed E-state index contributed by atoms with van der Waals surface area (Å²) < 4.78 is 0. The molecule has 2 aliphatic rings. The average Bonchev–Trinajstić information content (AvgIpc) is 3.49. The maximum absolute atomic E-state index is 11.0. The number of carbonyl (C=O) groups excluding carboxylic acids is 1. The Balaban J connectivity index is 1.88. The van der Waals surface area contributed by atoms with Crippen LogP contribution in [0.4, 0.5) is 5.69 Å². The molecule has 4 nitrogen and oxygen atoms in total. The van der Waals surface area contributed by atoms with Crippen molar-refractivity contribution in [3.8, 4) is 0 Å². The zero-order valence-electron chi connectivity index (χ0n) is 18.6. The molecule has 0 radical (unpaired) electrons. The Labute approximate surface area is 176 Å². The Morgan fingerprint density at radius 2 is 2.07 bits per heavy atom. The number of hydrogen-bond donors (Lipinski definition) is 0. The van der Waals surface area contributed by atoms with Crippen LogP contribution in [0.3, 0.4) is 0 Å². The number of fused-ring (bicyclic) bond motifs is 1. The molecular formula is C25H37N3O. The predicted molar refractivity (Wildman–Crippen MR) is 122 cm³/mol. The third kappa shape index (κ3) is 5.96. The number of carbonyl (C=O) groups is 1. The van der Waals surface area contributed by atoms with Crippen LogP contribution in [-0.2, 0) is 17.8 Å². The number of benzene rings is 1. The first kappa shape index (κ1) is 21.6. The summed E-state index contributed by atoms with van der Waals surface area (Å²) in [6, 6.07) is 7.22. The normalized spacial score (nSPS) is 17.6. The van der Waals surface area contributed by atoms with E-state index in [1.54, 1.807) is 6.08 Å². The standard InChI is InChI=1S/C25H37N3O/c1-5-13-26(4)19-25(7-6-15-29)28(20(2)3)24-11-10-22-12-14-27(17-21-8-9-21)18-23(22)16-24/h6-7,10-11,15-16,19-21H,5,8-9,12-14,17-18H2,1-4H3/b7-6-,25-19+. The van der Waals surface area contributed by atoms with Crippen molar-refractivity contribution in [3.05, 3.63) is 53.4 Å². The second-order valence-electron chi connectivity index (χ2n) is 8.88. The van der Waals surface area contributed by atoms with E-state index in [4.69, 9.17) is 0 Å². The summed E-state index contributed by atoms with van der Waals surface area (Å²) in [5.74, 6) is 0.934. The summed E-state index contributed by atoms with van der Waals surface area (Å²) >= 11 is 0. The molecule has 0 aromatic heterocycles. The number of rotatable bonds is 10. The van der Waals surface area contributed by atoms with Crippen LogP contribution < -0.4 is 4.90 Å². The lowest BCUT2D eigenvalue weighted by Gasteiger charge is -2.34. The minimum absolute atomic E-state index is 0.289. The molecule has 0 saturated heterocycles. The highest BCUT2D eigenvalue weighted by molar-refractivity contribution is 5.67. The molecule has 1 saturated carbocycles. The largest absolute Gasteiger partial charge is 0.379 e. The number of anilines is 1. The van der Waals surface area contributed by atoms with Gasteiger partial charge >= 0.3 is 0 Å². The minimum atomic E-state index is 0.289. The molecule has 3 rings (SSSR count). The quantitative estimate of drug-likeness (QED) is 0.328. The van der Waals surface area contributed by atoms with Crippen molar-refractivity contribution in [3.63, 3.8) is 0 Å². The Hall–Kier alpha value is -2.07. The molecule has 1 fully saturated rings. The highest BCUT2D eigenvalue weighted by atomic mass is 16.1. The lowest BCUT2D eigenvalue weighted by atomic mass is 9.98. The fourth-order valence-electron chi connectivity index (χ4n) is 4.29. The van der Waals surface area contributed by atoms with E-state index in [1.807, 2.05) is 6.08 Å². The van der Waals surface area contributed by atoms with Crippen LogP contribution in [0, 0.1) is 5.92 Å². The smallest absolute Gasteiger partial charge is 0.142 e. The number of hydrogen-bond acceptors (Lipinski definition) is 4. The highest BCUT2D eigenvalue weighted by Gasteiger charge is 2.26. The molecule has 1 aromatic carbocycles. The maximum atomic E-state index is 11.0. The second kappa shape index (κ2) is 10.1. The first-order valence-corrected chi connectivity index (χ1v) is 11.2. The summed E-state index contributed by atoms with van der Waals surface area (Å²) in [6.07, 6.45) is 11.6. The van der Waals surface area contributed by atoms with Crippen molar-refractivity contribution in [1.82, 2.24) is 9.80 Å². The van der Waals surface area contributed by atoms with Gasteiger partial charge in [0.1, 0.15) is 6.29 Å². The van der Waals surface area contributed by atoms with Crippen LogP contribution in [0.25, 0.3) is 0 Å². The zero-order valence-corrected chi connectivity index (χ0v) is 18.6. The highest BCUT2D eigenvalue weighted by Crippen LogP contribution is 2.33. The summed E-state index contributed by atoms with van der Waals surface area (Å²) in [7, 11) is 2.10. The second-order valence-corrected chi connectivity index (χ2v) is 8.88. The van der Waals surface area contributed by atoms with E-state index in [-0.39, 0.29) is 6.04 Å². The van der Waals surface area contributed by atoms with Crippen molar-refractivity contribution in [2.75, 3.05) is 31.6 Å². The molecule has 1 aliphatic carbocycles. The molecule has 0 N–H and O–H groups in total. The summed E-state index contributed by atoms with van der Waals surface area (Å²) in [5.41, 5.74) is 5.20. The van der Waals surface area contributed by atoms with Gasteiger partial charge in [-0.2, -0.15) is 0 Å². The topological polar surface area (TPSA) is 26.8 Å². The van der Waals surface area contributed by atoms with Gasteiger partial charge in [0.05, 0.1) is 5.70 Å². The van der Waals surface area contributed by atoms with E-state index in [0.29, 0.717) is 0 Å². The monoisotopic (exact) mass is 395 g/mol. The first-order chi connectivity index (χ1) is 14.0. The Kier molecular flexibility index (Phi) is 7.54. The van der Waals surface area contributed by atoms with Crippen molar-refractivity contribution < 1.29 is 4.79 Å². The molecule has 1 aromatic rings. The fraction of sp³-hybridized carbons (Fsp3) is 0.560. The molecule has 158 valence electrons. The van der Waals surface area contributed by atoms with Crippen LogP contribution in [0.5, 0.6) is 0 Å². The number of nitrogens with zero attached hydrogens (tertiary/aromatic N) is 3. The third-order valence-corrected chi connectivity index (χ3v) is 5.84. The fourth-order valence-corrected chi connectivity index (χ4v) is 4.29. The van der Waals surface area contributed by atoms with Gasteiger partial charge in [-0.15, -0.1) is 0 Å². The first-order valence-electron chi connectivity index (χ1n) is 11.2. The third-order valence-electron chi connectivity index (χ3n) is 5.84. The van der Waals surface area contributed by atoms with E-state index in [9.17, 15) is 4.79 Å². The molecule has 0 amide bonds. The van der Waals surface area contributed by atoms with Gasteiger partial charge in [0.15, 0.2) is 0 Å². The van der Waals surface area contributed by atoms with Crippen molar-refractivity contribution in [1.29, 1.82) is 0 Å². The van der Waals surface area contributed by atoms with Crippen LogP contribution in [0.15, 0.2) is 42.2 Å². The maximum Gasteiger partial charge on any atom is 0.142 e. The zero-order chi connectivity index (χ0) is 20.8. The van der Waals surface area contributed by atoms with E-state index in [2.05, 4.69) is 66.9 Å². The summed E-state index contributed by atoms with van der Waals surface area (Å²) in [6.45, 7) is 11.1. The van der Waals surface area contributed by atoms with Crippen molar-refractivity contribution >= 4 is 12.0 Å². The molecule has 4 heteroatoms. The van der Waals surface area contributed by atoms with E-state index in [1.165, 1.54) is 42.7 Å². The molecule has 1 aliphatic heterocycles. The molecule has 1 heterocycles. The summed E-state index contributed by atoms with van der Waals surface area (Å²) in [4.78, 5) is 18.2. The van der Waals surface area contributed by atoms with E-state index < -0.39 is 0 Å². The number of allylic oxidation sites excluding steroid dienone is 2. The minimum Gasteiger partial charge on any atom is -0.379 e. The lowest BCUT2D eigenvalue weighted by Crippen LogP contribution is -2.33. The number of aldehydes is 1. The molecule has 0 bridgehead atoms. The van der Waals surface area contributed by atoms with Gasteiger partial charge in [0.2, 0.25) is 0 Å². The van der Waals surface area contributed by atoms with Crippen molar-refractivity contribution in [2.45, 2.75) is 59.0 Å². The van der Waals surface area contributed by atoms with E-state index >= 15 is 0 Å². The van der Waals surface area contributed by atoms with Crippen LogP contribution >= 0.6 is 0 Å². The van der Waals surface area contributed by atoms with Crippen LogP contribution in [-0.4, -0.2) is 48.8 Å². The van der Waals surface area contributed by atoms with Gasteiger partial charge in [-0.1, -0.05) is 13.0 Å². The van der Waals surface area contributed by atoms with Gasteiger partial charge in [0.25, 0.3) is 0 Å². The van der Waals surface area contributed by atoms with Gasteiger partial charge < -0.3 is 9.80 Å². The SMILES string of the molecule is CCCN(C)/C=C(\C=C/C=O)N(c1ccc2c(c1)CN(CC1CC1)CC2)C(C)C. The molecule has 0 unspecified atom stereocenters. The predicted octanol–water partition coefficient (Wildman–Crippen LogP) is 4.61. The molecular weight excluding hydrogens is 358 g/mol. The van der Waals surface area contributed by atoms with Crippen LogP contribution in [0.2, 0.25) is 0 Å². The Morgan fingerprint density at radius 1 is 1.28 bits per heavy atom. The van der Waals surface area contributed by atoms with Gasteiger partial charge in [0, 0.05) is 51.2 Å². The molecule has 0 spiro atoms. The molecule has 29 heavy (non-hydrogen) atoms. The average molecular weight is 396 g/mol. The lowest BCUT2D eigenvalue weighted by molar-refractivity contribution is -0.104. The molecule has 0 atom stereocenters. The van der Waals surface area contributed by atoms with E-state index in [0.717, 1.165) is 43.8 Å². The van der Waals surface area contributed by atoms with Gasteiger partial charge in [-0.05, 0) is 80.9 Å². The Bertz CT molecular complexity index is 748. The van der Waals surface area contributed by atoms with Crippen molar-refractivity contribution in [2.24, 2.45) is 5.92 Å². The van der Waals surface area contributed by atoms with Crippen LogP contribution in [0.1, 0.15) is 51.2 Å². The Morgan fingerprint density at radius 3 is 2.72 bits per heavy atom. The van der Waals surface area contributed by atoms with Gasteiger partial charge in [-0.3, -0.25) is 9.69 Å².